The molecule has 2 N–H and O–H groups in total. The lowest BCUT2D eigenvalue weighted by Crippen LogP contribution is -2.25. The number of alkyl halides is 2. The third-order valence-electron chi connectivity index (χ3n) is 12.3. The van der Waals surface area contributed by atoms with Crippen molar-refractivity contribution in [3.8, 4) is 0 Å². The number of nitrogens with zero attached hydrogens (tertiary/aromatic N) is 9. The van der Waals surface area contributed by atoms with Gasteiger partial charge in [-0.2, -0.15) is 19.2 Å². The smallest absolute Gasteiger partial charge is 0.373 e. The normalized spacial score (nSPS) is 18.7. The van der Waals surface area contributed by atoms with Crippen molar-refractivity contribution in [2.75, 3.05) is 49.4 Å². The first-order valence-corrected chi connectivity index (χ1v) is 32.6. The first-order chi connectivity index (χ1) is 38.3. The van der Waals surface area contributed by atoms with Crippen LogP contribution < -0.4 is 21.6 Å². The number of nitrogens with two attached hydrogens (primary N) is 1. The second-order valence-electron chi connectivity index (χ2n) is 18.5. The van der Waals surface area contributed by atoms with E-state index in [0.717, 1.165) is 28.8 Å². The van der Waals surface area contributed by atoms with Gasteiger partial charge in [0.1, 0.15) is 45.2 Å². The molecule has 0 unspecified atom stereocenters. The second kappa shape index (κ2) is 31.1. The second-order valence-corrected chi connectivity index (χ2v) is 28.8. The summed E-state index contributed by atoms with van der Waals surface area (Å²) < 4.78 is 86.6. The number of hydrogen-bond donors (Lipinski definition) is 1. The van der Waals surface area contributed by atoms with E-state index in [1.54, 1.807) is 13.3 Å². The van der Waals surface area contributed by atoms with E-state index in [0.29, 0.717) is 52.3 Å². The molecule has 0 aliphatic carbocycles. The number of anilines is 1. The number of benzene rings is 3. The van der Waals surface area contributed by atoms with Gasteiger partial charge in [-0.3, -0.25) is 9.13 Å². The van der Waals surface area contributed by atoms with Gasteiger partial charge in [0.15, 0.2) is 65.1 Å². The molecule has 426 valence electrons. The van der Waals surface area contributed by atoms with Crippen LogP contribution >= 0.6 is 44.5 Å². The fraction of sp³-hybridized carbons (Fsp3) is 0.358. The number of imidazole rings is 2. The number of rotatable bonds is 18. The van der Waals surface area contributed by atoms with Crippen LogP contribution in [0.15, 0.2) is 145 Å². The van der Waals surface area contributed by atoms with Gasteiger partial charge in [0.05, 0.1) is 25.0 Å². The molecule has 20 nitrogen and oxygen atoms in total. The molecule has 80 heavy (non-hydrogen) atoms. The molecule has 8 atom stereocenters. The summed E-state index contributed by atoms with van der Waals surface area (Å²) in [4.78, 5) is 58.2. The summed E-state index contributed by atoms with van der Waals surface area (Å²) in [6, 6.07) is 30.6. The molecule has 0 saturated heterocycles. The van der Waals surface area contributed by atoms with E-state index in [9.17, 15) is 13.5 Å². The molecule has 2 aliphatic rings. The number of ether oxygens (including phenoxy) is 4. The lowest BCUT2D eigenvalue weighted by Gasteiger charge is -2.26. The summed E-state index contributed by atoms with van der Waals surface area (Å²) >= 11 is 9.53. The average Bonchev–Trinajstić information content (AvgIpc) is 4.27. The maximum atomic E-state index is 15.3. The monoisotopic (exact) mass is 1200 g/mol. The topological polar surface area (TPSA) is 265 Å². The number of aromatic nitrogens is 8. The Labute approximate surface area is 471 Å². The van der Waals surface area contributed by atoms with Crippen molar-refractivity contribution in [1.82, 2.24) is 39.0 Å². The SMILES string of the molecule is CC[C@H](C)C[P@](C)(=O)CO[C@@H]1C=C(F)[C@H](n2cnc3c(N)ncnc32)O1.CC[C@H](C)C[P@](C)(=O)CO[C@@H]1C=C(F)[C@H](n2cnc3c(N=P(c4ccccc4)(c4ccccc4)c4ccccc4)ncnc32)O1.ClCCl.O=C=O.O=C=O. The molecular weight excluding hydrogens is 1140 g/mol. The van der Waals surface area contributed by atoms with Crippen LogP contribution in [0, 0.1) is 11.8 Å². The van der Waals surface area contributed by atoms with E-state index in [-0.39, 0.29) is 36.2 Å². The fourth-order valence-electron chi connectivity index (χ4n) is 8.42. The third-order valence-corrected chi connectivity index (χ3v) is 20.1. The maximum absolute atomic E-state index is 15.3. The molecule has 7 aromatic rings. The summed E-state index contributed by atoms with van der Waals surface area (Å²) in [7, 11) is -7.67. The van der Waals surface area contributed by atoms with Crippen LogP contribution in [0.1, 0.15) is 53.0 Å². The number of carbonyl (C=O) groups excluding carboxylic acids is 4. The standard InChI is InChI=1S/C34H36FN5O3P2.C16H23FN5O3P.CH2Cl2.2CO2/c1-4-25(2)21-44(3,41)24-42-30-20-29(35)34(43-30)40-23-38-31-32(36-22-37-33(31)40)39-45(26-14-8-5-9-15-26,27-16-10-6-11-17-27)28-18-12-7-13-19-28;1-4-10(2)6-26(3,23)9-24-12-5-11(17)16(25-12)22-8-21-13-14(18)19-7-20-15(13)22;3*2-1-3/h5-20,22-23,25,30,34H,4,21,24H2,1-3H3;5,7-8,10,12,16H,4,6,9H2,1-3H3,(H2,18,19,20);1H2;;/t25-,30-,34+,44-;10-,12-,16+,26-;;;/m00.../s1. The van der Waals surface area contributed by atoms with Gasteiger partial charge in [-0.05, 0) is 25.2 Å². The number of halogens is 4. The number of fused-ring (bicyclic) bond motifs is 2. The molecule has 9 rings (SSSR count). The van der Waals surface area contributed by atoms with Crippen molar-refractivity contribution in [1.29, 1.82) is 0 Å². The molecule has 0 radical (unpaired) electrons. The van der Waals surface area contributed by atoms with E-state index in [1.807, 2.05) is 54.6 Å². The van der Waals surface area contributed by atoms with Crippen molar-refractivity contribution >= 4 is 107 Å². The number of hydrogen-bond acceptors (Lipinski definition) is 18. The lowest BCUT2D eigenvalue weighted by molar-refractivity contribution is -0.193. The zero-order valence-electron chi connectivity index (χ0n) is 44.6. The maximum Gasteiger partial charge on any atom is 0.373 e. The van der Waals surface area contributed by atoms with Crippen molar-refractivity contribution < 1.29 is 56.0 Å². The summed E-state index contributed by atoms with van der Waals surface area (Å²) in [5.74, 6) is 0.207. The van der Waals surface area contributed by atoms with E-state index in [1.165, 1.54) is 46.6 Å². The minimum Gasteiger partial charge on any atom is -0.382 e. The molecule has 0 saturated carbocycles. The Bertz CT molecular complexity index is 3290. The van der Waals surface area contributed by atoms with Crippen LogP contribution in [0.2, 0.25) is 0 Å². The largest absolute Gasteiger partial charge is 0.382 e. The Balaban J connectivity index is 0.000000284. The molecular formula is C53H61Cl2F2N10O10P3. The van der Waals surface area contributed by atoms with Crippen molar-refractivity contribution in [3.05, 3.63) is 140 Å². The van der Waals surface area contributed by atoms with Gasteiger partial charge in [-0.1, -0.05) is 132 Å². The summed E-state index contributed by atoms with van der Waals surface area (Å²) in [6.45, 7) is 11.7. The first-order valence-electron chi connectivity index (χ1n) is 24.8. The molecule has 0 amide bonds. The first kappa shape index (κ1) is 64.6. The van der Waals surface area contributed by atoms with Gasteiger partial charge >= 0.3 is 12.3 Å². The Morgan fingerprint density at radius 1 is 0.637 bits per heavy atom. The third kappa shape index (κ3) is 17.2. The molecule has 0 bridgehead atoms. The molecule has 27 heteroatoms. The van der Waals surface area contributed by atoms with Gasteiger partial charge < -0.3 is 33.8 Å². The van der Waals surface area contributed by atoms with Crippen molar-refractivity contribution in [2.45, 2.75) is 65.6 Å². The Hall–Kier alpha value is -6.23. The summed E-state index contributed by atoms with van der Waals surface area (Å²) in [5.41, 5.74) is 7.29. The lowest BCUT2D eigenvalue weighted by atomic mass is 10.2. The predicted molar refractivity (Wildman–Crippen MR) is 303 cm³/mol. The zero-order valence-corrected chi connectivity index (χ0v) is 48.8. The molecule has 0 fully saturated rings. The molecule has 0 spiro atoms. The Kier molecular flexibility index (Phi) is 25.1. The Morgan fingerprint density at radius 3 is 1.39 bits per heavy atom. The minimum absolute atomic E-state index is 0.0125. The van der Waals surface area contributed by atoms with E-state index >= 15 is 4.39 Å². The molecule has 3 aromatic carbocycles. The molecule has 4 aromatic heterocycles. The van der Waals surface area contributed by atoms with Gasteiger partial charge in [-0.15, -0.1) is 23.2 Å². The van der Waals surface area contributed by atoms with Gasteiger partial charge in [0.25, 0.3) is 0 Å². The highest BCUT2D eigenvalue weighted by molar-refractivity contribution is 7.87. The van der Waals surface area contributed by atoms with Crippen LogP contribution in [-0.2, 0) is 47.3 Å². The highest BCUT2D eigenvalue weighted by atomic mass is 35.5. The van der Waals surface area contributed by atoms with Crippen LogP contribution in [-0.4, -0.2) is 108 Å². The van der Waals surface area contributed by atoms with Crippen molar-refractivity contribution in [3.63, 3.8) is 0 Å². The highest BCUT2D eigenvalue weighted by Gasteiger charge is 2.35. The van der Waals surface area contributed by atoms with E-state index < -0.39 is 58.0 Å². The minimum atomic E-state index is -2.63. The average molecular weight is 1200 g/mol. The van der Waals surface area contributed by atoms with Crippen LogP contribution in [0.4, 0.5) is 20.4 Å². The molecule has 6 heterocycles. The quantitative estimate of drug-likeness (QED) is 0.0618. The Morgan fingerprint density at radius 2 is 1.00 bits per heavy atom. The molecule has 2 aliphatic heterocycles. The predicted octanol–water partition coefficient (Wildman–Crippen LogP) is 10.7. The fourth-order valence-corrected chi connectivity index (χ4v) is 16.2. The van der Waals surface area contributed by atoms with Gasteiger partial charge in [-0.25, -0.2) is 43.4 Å². The van der Waals surface area contributed by atoms with Crippen LogP contribution in [0.3, 0.4) is 0 Å². The van der Waals surface area contributed by atoms with E-state index in [2.05, 4.69) is 94.0 Å². The van der Waals surface area contributed by atoms with E-state index in [4.69, 9.17) is 71.8 Å². The van der Waals surface area contributed by atoms with Crippen LogP contribution in [0.25, 0.3) is 22.3 Å². The summed E-state index contributed by atoms with van der Waals surface area (Å²) in [5, 5.41) is 3.37. The zero-order chi connectivity index (χ0) is 58.5. The van der Waals surface area contributed by atoms with Gasteiger partial charge in [0.2, 0.25) is 0 Å². The van der Waals surface area contributed by atoms with Gasteiger partial charge in [0, 0.05) is 40.4 Å². The summed E-state index contributed by atoms with van der Waals surface area (Å²) in [6.07, 6.45) is 7.60. The number of nitrogen functional groups attached to an aromatic ring is 1. The van der Waals surface area contributed by atoms with Crippen LogP contribution in [0.5, 0.6) is 0 Å². The highest BCUT2D eigenvalue weighted by Crippen LogP contribution is 2.50. The van der Waals surface area contributed by atoms with Crippen molar-refractivity contribution in [2.24, 2.45) is 16.6 Å².